The van der Waals surface area contributed by atoms with Crippen LogP contribution in [-0.2, 0) is 0 Å². The van der Waals surface area contributed by atoms with Crippen LogP contribution in [0.25, 0.3) is 11.2 Å². The van der Waals surface area contributed by atoms with E-state index in [1.54, 1.807) is 0 Å². The van der Waals surface area contributed by atoms with Gasteiger partial charge in [-0.15, -0.1) is 4.91 Å². The zero-order valence-corrected chi connectivity index (χ0v) is 6.38. The van der Waals surface area contributed by atoms with Crippen molar-refractivity contribution in [2.75, 3.05) is 5.73 Å². The van der Waals surface area contributed by atoms with Gasteiger partial charge in [-0.05, 0) is 5.18 Å². The monoisotopic (exact) mass is 176 g/mol. The van der Waals surface area contributed by atoms with E-state index in [-0.39, 0.29) is 22.9 Å². The van der Waals surface area contributed by atoms with Crippen molar-refractivity contribution in [3.05, 3.63) is 17.3 Å². The van der Waals surface area contributed by atoms with E-state index in [9.17, 15) is 4.91 Å². The molecule has 2 N–H and O–H groups in total. The molecule has 0 fully saturated rings. The molecular formula is C6H4N6O. The normalized spacial score (nSPS) is 10.2. The summed E-state index contributed by atoms with van der Waals surface area (Å²) < 4.78 is 0. The number of nitrogens with two attached hydrogens (primary N) is 1. The largest absolute Gasteiger partial charge is 0.368 e. The Morgan fingerprint density at radius 1 is 1.23 bits per heavy atom. The van der Waals surface area contributed by atoms with Gasteiger partial charge in [0.2, 0.25) is 11.8 Å². The van der Waals surface area contributed by atoms with Crippen LogP contribution >= 0.6 is 0 Å². The van der Waals surface area contributed by atoms with E-state index in [1.807, 2.05) is 0 Å². The fourth-order valence-corrected chi connectivity index (χ4v) is 0.929. The third kappa shape index (κ3) is 1.15. The third-order valence-electron chi connectivity index (χ3n) is 1.42. The minimum atomic E-state index is -0.0874. The van der Waals surface area contributed by atoms with Gasteiger partial charge in [0, 0.05) is 12.4 Å². The Labute approximate surface area is 72.0 Å². The summed E-state index contributed by atoms with van der Waals surface area (Å²) in [4.78, 5) is 25.4. The van der Waals surface area contributed by atoms with Gasteiger partial charge in [-0.1, -0.05) is 0 Å². The minimum Gasteiger partial charge on any atom is -0.368 e. The molecule has 0 aliphatic rings. The Bertz CT molecular complexity index is 470. The SMILES string of the molecule is Nc1nc(N=O)c2nccnc2n1. The number of rotatable bonds is 1. The van der Waals surface area contributed by atoms with Crippen LogP contribution in [0.3, 0.4) is 0 Å². The van der Waals surface area contributed by atoms with E-state index in [1.165, 1.54) is 12.4 Å². The van der Waals surface area contributed by atoms with E-state index >= 15 is 0 Å². The average Bonchev–Trinajstić information content (AvgIpc) is 2.16. The highest BCUT2D eigenvalue weighted by atomic mass is 16.3. The molecule has 0 aliphatic heterocycles. The van der Waals surface area contributed by atoms with Crippen LogP contribution in [0, 0.1) is 4.91 Å². The van der Waals surface area contributed by atoms with Gasteiger partial charge in [-0.3, -0.25) is 0 Å². The molecule has 0 amide bonds. The first kappa shape index (κ1) is 7.47. The zero-order chi connectivity index (χ0) is 9.26. The second-order valence-corrected chi connectivity index (χ2v) is 2.23. The molecule has 0 saturated heterocycles. The number of nitrogens with zero attached hydrogens (tertiary/aromatic N) is 5. The maximum atomic E-state index is 10.3. The lowest BCUT2D eigenvalue weighted by atomic mass is 10.5. The molecule has 0 radical (unpaired) electrons. The van der Waals surface area contributed by atoms with Crippen molar-refractivity contribution in [2.24, 2.45) is 5.18 Å². The summed E-state index contributed by atoms with van der Waals surface area (Å²) in [6.07, 6.45) is 2.87. The summed E-state index contributed by atoms with van der Waals surface area (Å²) in [5, 5.41) is 2.68. The van der Waals surface area contributed by atoms with Gasteiger partial charge in [0.25, 0.3) is 0 Å². The molecule has 0 atom stereocenters. The number of hydrogen-bond donors (Lipinski definition) is 1. The highest BCUT2D eigenvalue weighted by Crippen LogP contribution is 2.18. The van der Waals surface area contributed by atoms with Crippen molar-refractivity contribution in [1.29, 1.82) is 0 Å². The molecule has 2 aromatic heterocycles. The standard InChI is InChI=1S/C6H4N6O/c7-6-10-4-3(5(11-6)12-13)8-1-2-9-4/h1-2H,(H2,7,9,10,11). The van der Waals surface area contributed by atoms with Crippen LogP contribution in [0.15, 0.2) is 17.6 Å². The summed E-state index contributed by atoms with van der Waals surface area (Å²) in [6.45, 7) is 0. The van der Waals surface area contributed by atoms with E-state index in [4.69, 9.17) is 5.73 Å². The van der Waals surface area contributed by atoms with Crippen molar-refractivity contribution in [2.45, 2.75) is 0 Å². The first-order chi connectivity index (χ1) is 6.31. The van der Waals surface area contributed by atoms with Crippen LogP contribution in [0.1, 0.15) is 0 Å². The van der Waals surface area contributed by atoms with Gasteiger partial charge < -0.3 is 5.73 Å². The molecule has 0 unspecified atom stereocenters. The first-order valence-corrected chi connectivity index (χ1v) is 3.39. The summed E-state index contributed by atoms with van der Waals surface area (Å²) >= 11 is 0. The van der Waals surface area contributed by atoms with Crippen molar-refractivity contribution in [3.8, 4) is 0 Å². The van der Waals surface area contributed by atoms with E-state index in [2.05, 4.69) is 25.1 Å². The van der Waals surface area contributed by atoms with Crippen LogP contribution in [0.4, 0.5) is 11.8 Å². The number of fused-ring (bicyclic) bond motifs is 1. The molecule has 0 aliphatic carbocycles. The molecule has 64 valence electrons. The Kier molecular flexibility index (Phi) is 1.55. The summed E-state index contributed by atoms with van der Waals surface area (Å²) in [6, 6.07) is 0. The molecule has 7 nitrogen and oxygen atoms in total. The lowest BCUT2D eigenvalue weighted by Crippen LogP contribution is -1.97. The molecule has 0 saturated carbocycles. The molecule has 0 spiro atoms. The van der Waals surface area contributed by atoms with Gasteiger partial charge in [0.1, 0.15) is 0 Å². The maximum absolute atomic E-state index is 10.3. The fraction of sp³-hybridized carbons (Fsp3) is 0. The molecular weight excluding hydrogens is 172 g/mol. The van der Waals surface area contributed by atoms with Crippen molar-refractivity contribution in [3.63, 3.8) is 0 Å². The van der Waals surface area contributed by atoms with Crippen LogP contribution in [0.2, 0.25) is 0 Å². The molecule has 2 rings (SSSR count). The van der Waals surface area contributed by atoms with E-state index in [0.29, 0.717) is 0 Å². The van der Waals surface area contributed by atoms with E-state index in [0.717, 1.165) is 0 Å². The lowest BCUT2D eigenvalue weighted by Gasteiger charge is -1.96. The zero-order valence-electron chi connectivity index (χ0n) is 6.38. The molecule has 0 aromatic carbocycles. The van der Waals surface area contributed by atoms with Crippen LogP contribution in [0.5, 0.6) is 0 Å². The molecule has 0 bridgehead atoms. The predicted octanol–water partition coefficient (Wildman–Crippen LogP) is 0.400. The summed E-state index contributed by atoms with van der Waals surface area (Å²) in [5.74, 6) is -0.127. The van der Waals surface area contributed by atoms with Gasteiger partial charge in [0.15, 0.2) is 11.2 Å². The van der Waals surface area contributed by atoms with Gasteiger partial charge >= 0.3 is 0 Å². The van der Waals surface area contributed by atoms with Crippen molar-refractivity contribution < 1.29 is 0 Å². The van der Waals surface area contributed by atoms with Crippen LogP contribution < -0.4 is 5.73 Å². The van der Waals surface area contributed by atoms with E-state index < -0.39 is 0 Å². The second kappa shape index (κ2) is 2.70. The summed E-state index contributed by atoms with van der Waals surface area (Å²) in [7, 11) is 0. The molecule has 2 aromatic rings. The predicted molar refractivity (Wildman–Crippen MR) is 45.0 cm³/mol. The van der Waals surface area contributed by atoms with Crippen LogP contribution in [-0.4, -0.2) is 19.9 Å². The first-order valence-electron chi connectivity index (χ1n) is 3.39. The number of nitroso groups, excluding NO2 is 1. The number of nitrogen functional groups attached to an aromatic ring is 1. The minimum absolute atomic E-state index is 0.0393. The topological polar surface area (TPSA) is 107 Å². The number of aromatic nitrogens is 4. The Balaban J connectivity index is 2.89. The third-order valence-corrected chi connectivity index (χ3v) is 1.42. The Morgan fingerprint density at radius 2 is 2.00 bits per heavy atom. The highest BCUT2D eigenvalue weighted by Gasteiger charge is 2.07. The number of anilines is 1. The average molecular weight is 176 g/mol. The Hall–Kier alpha value is -2.18. The van der Waals surface area contributed by atoms with Crippen molar-refractivity contribution >= 4 is 22.9 Å². The number of hydrogen-bond acceptors (Lipinski definition) is 7. The molecule has 7 heteroatoms. The molecule has 2 heterocycles. The van der Waals surface area contributed by atoms with Gasteiger partial charge in [-0.2, -0.15) is 9.97 Å². The lowest BCUT2D eigenvalue weighted by molar-refractivity contribution is 1.14. The van der Waals surface area contributed by atoms with Crippen molar-refractivity contribution in [1.82, 2.24) is 19.9 Å². The quantitative estimate of drug-likeness (QED) is 0.630. The highest BCUT2D eigenvalue weighted by molar-refractivity contribution is 5.80. The molecule has 13 heavy (non-hydrogen) atoms. The van der Waals surface area contributed by atoms with Gasteiger partial charge in [-0.25, -0.2) is 9.97 Å². The Morgan fingerprint density at radius 3 is 2.77 bits per heavy atom. The maximum Gasteiger partial charge on any atom is 0.229 e. The van der Waals surface area contributed by atoms with Gasteiger partial charge in [0.05, 0.1) is 0 Å². The fourth-order valence-electron chi connectivity index (χ4n) is 0.929. The summed E-state index contributed by atoms with van der Waals surface area (Å²) in [5.41, 5.74) is 5.84. The smallest absolute Gasteiger partial charge is 0.229 e. The second-order valence-electron chi connectivity index (χ2n) is 2.23.